The zero-order valence-electron chi connectivity index (χ0n) is 18.8. The number of ether oxygens (including phenoxy) is 1. The molecule has 0 unspecified atom stereocenters. The molecule has 1 aliphatic heterocycles. The maximum Gasteiger partial charge on any atom is 0.269 e. The first-order valence-electron chi connectivity index (χ1n) is 10.7. The Bertz CT molecular complexity index is 1330. The average Bonchev–Trinajstić information content (AvgIpc) is 2.88. The van der Waals surface area contributed by atoms with Crippen LogP contribution in [0.2, 0.25) is 0 Å². The van der Waals surface area contributed by atoms with Crippen molar-refractivity contribution in [3.05, 3.63) is 99.6 Å². The lowest BCUT2D eigenvalue weighted by Crippen LogP contribution is -2.52. The number of nitrogens with one attached hydrogen (secondary N) is 1. The third-order valence-corrected chi connectivity index (χ3v) is 7.58. The van der Waals surface area contributed by atoms with E-state index >= 15 is 0 Å². The van der Waals surface area contributed by atoms with Gasteiger partial charge in [0.15, 0.2) is 0 Å². The summed E-state index contributed by atoms with van der Waals surface area (Å²) in [6, 6.07) is 18.1. The van der Waals surface area contributed by atoms with E-state index < -0.39 is 26.9 Å². The second-order valence-corrected chi connectivity index (χ2v) is 9.79. The summed E-state index contributed by atoms with van der Waals surface area (Å²) in [4.78, 5) is 29.1. The molecule has 0 fully saturated rings. The molecule has 182 valence electrons. The van der Waals surface area contributed by atoms with Gasteiger partial charge in [-0.25, -0.2) is 13.9 Å². The number of nitro benzene ring substituents is 1. The lowest BCUT2D eigenvalue weighted by atomic mass is 9.95. The summed E-state index contributed by atoms with van der Waals surface area (Å²) in [6.07, 6.45) is 0.0310. The van der Waals surface area contributed by atoms with Crippen LogP contribution in [0.3, 0.4) is 0 Å². The highest BCUT2D eigenvalue weighted by molar-refractivity contribution is 7.89. The molecule has 1 amide bonds. The fourth-order valence-electron chi connectivity index (χ4n) is 3.85. The Hall–Kier alpha value is -3.80. The monoisotopic (exact) mass is 497 g/mol. The van der Waals surface area contributed by atoms with E-state index in [1.807, 2.05) is 30.3 Å². The maximum absolute atomic E-state index is 13.6. The summed E-state index contributed by atoms with van der Waals surface area (Å²) in [5.41, 5.74) is 4.15. The molecule has 0 aromatic heterocycles. The summed E-state index contributed by atoms with van der Waals surface area (Å²) in [6.45, 7) is -0.102. The van der Waals surface area contributed by atoms with E-state index in [1.165, 1.54) is 43.5 Å². The van der Waals surface area contributed by atoms with Crippen LogP contribution in [-0.2, 0) is 39.2 Å². The van der Waals surface area contributed by atoms with Gasteiger partial charge in [0.05, 0.1) is 23.5 Å². The van der Waals surface area contributed by atoms with Crippen LogP contribution in [0.5, 0.6) is 5.75 Å². The standard InChI is InChI=1S/C24H23N3O7S/c1-33-21-9-11-22(12-10-21)35(31,32)26-15-19-13-20(27(29)30)8-7-18(19)14-23(26)24(28)25-34-16-17-5-3-2-4-6-17/h2-13,23H,14-16H2,1H3,(H,25,28)/t23-/m1/s1. The van der Waals surface area contributed by atoms with E-state index in [0.717, 1.165) is 9.87 Å². The van der Waals surface area contributed by atoms with Crippen LogP contribution in [-0.4, -0.2) is 36.7 Å². The van der Waals surface area contributed by atoms with Gasteiger partial charge in [-0.15, -0.1) is 0 Å². The largest absolute Gasteiger partial charge is 0.497 e. The number of sulfonamides is 1. The maximum atomic E-state index is 13.6. The highest BCUT2D eigenvalue weighted by atomic mass is 32.2. The summed E-state index contributed by atoms with van der Waals surface area (Å²) < 4.78 is 33.3. The zero-order valence-corrected chi connectivity index (χ0v) is 19.6. The molecule has 4 rings (SSSR count). The number of amides is 1. The van der Waals surface area contributed by atoms with E-state index in [0.29, 0.717) is 16.9 Å². The number of carbonyl (C=O) groups is 1. The Kier molecular flexibility index (Phi) is 7.10. The first kappa shape index (κ1) is 24.3. The summed E-state index contributed by atoms with van der Waals surface area (Å²) in [7, 11) is -2.68. The number of nitro groups is 1. The van der Waals surface area contributed by atoms with Gasteiger partial charge in [0.25, 0.3) is 11.6 Å². The van der Waals surface area contributed by atoms with E-state index in [-0.39, 0.29) is 30.2 Å². The van der Waals surface area contributed by atoms with Crippen molar-refractivity contribution in [2.45, 2.75) is 30.5 Å². The van der Waals surface area contributed by atoms with Crippen LogP contribution >= 0.6 is 0 Å². The normalized spacial score (nSPS) is 15.7. The van der Waals surface area contributed by atoms with Crippen LogP contribution in [0.4, 0.5) is 5.69 Å². The SMILES string of the molecule is COc1ccc(S(=O)(=O)N2Cc3cc([N+](=O)[O-])ccc3C[C@@H]2C(=O)NOCc2ccccc2)cc1. The number of hydrogen-bond acceptors (Lipinski definition) is 7. The number of hydroxylamine groups is 1. The minimum absolute atomic E-state index is 0.0310. The van der Waals surface area contributed by atoms with Gasteiger partial charge in [0.1, 0.15) is 11.8 Å². The first-order valence-corrected chi connectivity index (χ1v) is 12.1. The van der Waals surface area contributed by atoms with Gasteiger partial charge in [0.2, 0.25) is 10.0 Å². The molecule has 11 heteroatoms. The highest BCUT2D eigenvalue weighted by Gasteiger charge is 2.40. The highest BCUT2D eigenvalue weighted by Crippen LogP contribution is 2.32. The minimum atomic E-state index is -4.14. The molecule has 1 N–H and O–H groups in total. The lowest BCUT2D eigenvalue weighted by Gasteiger charge is -2.34. The Morgan fingerprint density at radius 1 is 1.09 bits per heavy atom. The number of carbonyl (C=O) groups excluding carboxylic acids is 1. The number of non-ortho nitro benzene ring substituents is 1. The van der Waals surface area contributed by atoms with E-state index in [1.54, 1.807) is 6.07 Å². The molecule has 1 atom stereocenters. The van der Waals surface area contributed by atoms with E-state index in [2.05, 4.69) is 5.48 Å². The second-order valence-electron chi connectivity index (χ2n) is 7.90. The molecule has 35 heavy (non-hydrogen) atoms. The molecule has 1 aliphatic rings. The molecule has 10 nitrogen and oxygen atoms in total. The second kappa shape index (κ2) is 10.2. The topological polar surface area (TPSA) is 128 Å². The average molecular weight is 498 g/mol. The summed E-state index contributed by atoms with van der Waals surface area (Å²) >= 11 is 0. The number of benzene rings is 3. The van der Waals surface area contributed by atoms with Gasteiger partial charge in [-0.1, -0.05) is 36.4 Å². The third kappa shape index (κ3) is 5.32. The number of nitrogens with zero attached hydrogens (tertiary/aromatic N) is 2. The molecule has 0 spiro atoms. The molecular weight excluding hydrogens is 474 g/mol. The molecule has 1 heterocycles. The molecule has 0 saturated carbocycles. The van der Waals surface area contributed by atoms with Gasteiger partial charge in [-0.05, 0) is 47.4 Å². The molecule has 0 radical (unpaired) electrons. The van der Waals surface area contributed by atoms with Crippen molar-refractivity contribution in [2.75, 3.05) is 7.11 Å². The third-order valence-electron chi connectivity index (χ3n) is 5.71. The van der Waals surface area contributed by atoms with Crippen molar-refractivity contribution in [1.82, 2.24) is 9.79 Å². The van der Waals surface area contributed by atoms with E-state index in [9.17, 15) is 23.3 Å². The van der Waals surface area contributed by atoms with Gasteiger partial charge in [-0.3, -0.25) is 19.7 Å². The number of hydrogen-bond donors (Lipinski definition) is 1. The number of methoxy groups -OCH3 is 1. The fraction of sp³-hybridized carbons (Fsp3) is 0.208. The molecule has 0 aliphatic carbocycles. The quantitative estimate of drug-likeness (QED) is 0.374. The Balaban J connectivity index is 1.63. The van der Waals surface area contributed by atoms with Crippen molar-refractivity contribution < 1.29 is 27.7 Å². The van der Waals surface area contributed by atoms with Crippen LogP contribution < -0.4 is 10.2 Å². The Morgan fingerprint density at radius 2 is 1.80 bits per heavy atom. The molecule has 0 bridgehead atoms. The Morgan fingerprint density at radius 3 is 2.46 bits per heavy atom. The molecule has 3 aromatic carbocycles. The van der Waals surface area contributed by atoms with Crippen molar-refractivity contribution in [1.29, 1.82) is 0 Å². The van der Waals surface area contributed by atoms with Crippen LogP contribution in [0.15, 0.2) is 77.7 Å². The van der Waals surface area contributed by atoms with E-state index in [4.69, 9.17) is 9.57 Å². The minimum Gasteiger partial charge on any atom is -0.497 e. The number of fused-ring (bicyclic) bond motifs is 1. The molecular formula is C24H23N3O7S. The van der Waals surface area contributed by atoms with Gasteiger partial charge in [-0.2, -0.15) is 4.31 Å². The Labute approximate surface area is 202 Å². The lowest BCUT2D eigenvalue weighted by molar-refractivity contribution is -0.385. The van der Waals surface area contributed by atoms with Crippen molar-refractivity contribution in [3.8, 4) is 5.75 Å². The predicted octanol–water partition coefficient (Wildman–Crippen LogP) is 2.97. The van der Waals surface area contributed by atoms with Gasteiger partial charge >= 0.3 is 0 Å². The fourth-order valence-corrected chi connectivity index (χ4v) is 5.42. The molecule has 0 saturated heterocycles. The number of rotatable bonds is 8. The first-order chi connectivity index (χ1) is 16.8. The predicted molar refractivity (Wildman–Crippen MR) is 126 cm³/mol. The smallest absolute Gasteiger partial charge is 0.269 e. The molecule has 3 aromatic rings. The zero-order chi connectivity index (χ0) is 25.0. The van der Waals surface area contributed by atoms with Crippen molar-refractivity contribution in [3.63, 3.8) is 0 Å². The summed E-state index contributed by atoms with van der Waals surface area (Å²) in [5.74, 6) is -0.158. The van der Waals surface area contributed by atoms with Crippen molar-refractivity contribution in [2.24, 2.45) is 0 Å². The van der Waals surface area contributed by atoms with Crippen molar-refractivity contribution >= 4 is 21.6 Å². The van der Waals surface area contributed by atoms with Gasteiger partial charge < -0.3 is 4.74 Å². The summed E-state index contributed by atoms with van der Waals surface area (Å²) in [5, 5.41) is 11.2. The van der Waals surface area contributed by atoms with Gasteiger partial charge in [0, 0.05) is 18.7 Å². The van der Waals surface area contributed by atoms with Crippen LogP contribution in [0.25, 0.3) is 0 Å². The van der Waals surface area contributed by atoms with Crippen LogP contribution in [0, 0.1) is 10.1 Å². The van der Waals surface area contributed by atoms with Crippen LogP contribution in [0.1, 0.15) is 16.7 Å².